The lowest BCUT2D eigenvalue weighted by Gasteiger charge is -2.12. The lowest BCUT2D eigenvalue weighted by Crippen LogP contribution is -2.30. The average molecular weight is 590 g/mol. The number of hydrogen-bond donors (Lipinski definition) is 2. The first-order chi connectivity index (χ1) is 18.1. The summed E-state index contributed by atoms with van der Waals surface area (Å²) in [4.78, 5) is 4.60. The van der Waals surface area contributed by atoms with Crippen molar-refractivity contribution in [1.29, 1.82) is 0 Å². The minimum Gasteiger partial charge on any atom is -0.422 e. The van der Waals surface area contributed by atoms with Crippen LogP contribution in [0.4, 0.5) is 0 Å². The van der Waals surface area contributed by atoms with E-state index in [0.717, 1.165) is 15.8 Å². The van der Waals surface area contributed by atoms with Crippen molar-refractivity contribution in [3.63, 3.8) is 0 Å². The molecule has 0 fully saturated rings. The van der Waals surface area contributed by atoms with Crippen LogP contribution in [0.1, 0.15) is 27.6 Å². The van der Waals surface area contributed by atoms with Crippen LogP contribution in [-0.4, -0.2) is 32.0 Å². The van der Waals surface area contributed by atoms with E-state index >= 15 is 0 Å². The van der Waals surface area contributed by atoms with Crippen molar-refractivity contribution in [3.05, 3.63) is 100 Å². The summed E-state index contributed by atoms with van der Waals surface area (Å²) in [6.45, 7) is -0.396. The van der Waals surface area contributed by atoms with Crippen molar-refractivity contribution < 1.29 is 21.3 Å². The zero-order valence-electron chi connectivity index (χ0n) is 19.5. The van der Waals surface area contributed by atoms with Gasteiger partial charge in [-0.2, -0.15) is 13.1 Å². The second-order valence-corrected chi connectivity index (χ2v) is 13.3. The molecular weight excluding hydrogens is 570 g/mol. The van der Waals surface area contributed by atoms with E-state index in [1.807, 2.05) is 53.3 Å². The molecule has 1 atom stereocenters. The summed E-state index contributed by atoms with van der Waals surface area (Å²) in [7, 11) is -8.03. The van der Waals surface area contributed by atoms with Crippen molar-refractivity contribution in [3.8, 4) is 11.1 Å². The Kier molecular flexibility index (Phi) is 7.31. The summed E-state index contributed by atoms with van der Waals surface area (Å²) in [5, 5.41) is 11.9. The van der Waals surface area contributed by atoms with Gasteiger partial charge in [0.1, 0.15) is 5.01 Å². The van der Waals surface area contributed by atoms with Crippen LogP contribution in [0.2, 0.25) is 5.02 Å². The van der Waals surface area contributed by atoms with Crippen LogP contribution in [0.15, 0.2) is 77.2 Å². The molecule has 3 N–H and O–H groups in total. The van der Waals surface area contributed by atoms with E-state index in [1.165, 1.54) is 11.3 Å². The number of nitrogens with one attached hydrogen (secondary N) is 1. The molecule has 2 aromatic heterocycles. The van der Waals surface area contributed by atoms with Gasteiger partial charge < -0.3 is 4.42 Å². The van der Waals surface area contributed by atoms with Gasteiger partial charge >= 0.3 is 0 Å². The second kappa shape index (κ2) is 10.5. The maximum Gasteiger partial charge on any atom is 0.274 e. The quantitative estimate of drug-likeness (QED) is 0.261. The van der Waals surface area contributed by atoms with E-state index in [4.69, 9.17) is 21.2 Å². The largest absolute Gasteiger partial charge is 0.422 e. The van der Waals surface area contributed by atoms with Gasteiger partial charge in [-0.3, -0.25) is 0 Å². The van der Waals surface area contributed by atoms with Crippen molar-refractivity contribution in [2.24, 2.45) is 5.14 Å². The highest BCUT2D eigenvalue weighted by atomic mass is 35.5. The first kappa shape index (κ1) is 26.4. The molecule has 0 saturated heterocycles. The van der Waals surface area contributed by atoms with Gasteiger partial charge in [-0.05, 0) is 41.0 Å². The predicted octanol–water partition coefficient (Wildman–Crippen LogP) is 4.00. The maximum absolute atomic E-state index is 13.8. The van der Waals surface area contributed by atoms with Gasteiger partial charge in [0.05, 0.1) is 22.5 Å². The van der Waals surface area contributed by atoms with Gasteiger partial charge in [0.15, 0.2) is 15.1 Å². The fourth-order valence-corrected chi connectivity index (χ4v) is 7.50. The highest BCUT2D eigenvalue weighted by Gasteiger charge is 2.37. The molecule has 14 heteroatoms. The van der Waals surface area contributed by atoms with Crippen LogP contribution in [-0.2, 0) is 32.3 Å². The van der Waals surface area contributed by atoms with Crippen LogP contribution >= 0.6 is 22.9 Å². The number of hydrogen-bond acceptors (Lipinski definition) is 9. The third kappa shape index (κ3) is 6.09. The van der Waals surface area contributed by atoms with Crippen LogP contribution < -0.4 is 9.86 Å². The lowest BCUT2D eigenvalue weighted by molar-refractivity contribution is 0.443. The summed E-state index contributed by atoms with van der Waals surface area (Å²) >= 11 is 7.27. The molecular formula is C24H20ClN5O5S3. The van der Waals surface area contributed by atoms with Gasteiger partial charge in [-0.1, -0.05) is 60.1 Å². The van der Waals surface area contributed by atoms with Crippen molar-refractivity contribution in [2.45, 2.75) is 17.5 Å². The number of nitrogens with zero attached hydrogens (tertiary/aromatic N) is 3. The molecule has 0 amide bonds. The molecule has 3 aromatic carbocycles. The zero-order valence-corrected chi connectivity index (χ0v) is 22.7. The first-order valence-corrected chi connectivity index (χ1v) is 15.5. The average Bonchev–Trinajstić information content (AvgIpc) is 3.49. The summed E-state index contributed by atoms with van der Waals surface area (Å²) in [5.74, 6) is -0.749. The Labute approximate surface area is 227 Å². The van der Waals surface area contributed by atoms with Crippen molar-refractivity contribution in [1.82, 2.24) is 19.9 Å². The van der Waals surface area contributed by atoms with Crippen molar-refractivity contribution >= 4 is 53.2 Å². The minimum atomic E-state index is -4.02. The molecule has 2 heterocycles. The van der Waals surface area contributed by atoms with E-state index in [1.54, 1.807) is 24.3 Å². The first-order valence-electron chi connectivity index (χ1n) is 11.1. The van der Waals surface area contributed by atoms with Crippen LogP contribution in [0.3, 0.4) is 0 Å². The molecule has 5 rings (SSSR count). The van der Waals surface area contributed by atoms with Gasteiger partial charge in [0.25, 0.3) is 10.2 Å². The SMILES string of the molecule is NS(=O)(=O)NCc1nnc(C(c2nc3ccc(-c4ccccc4)cc3s2)S(=O)(=O)Cc2cccc(Cl)c2)o1. The number of nitrogens with two attached hydrogens (primary N) is 1. The monoisotopic (exact) mass is 589 g/mol. The molecule has 196 valence electrons. The van der Waals surface area contributed by atoms with Crippen molar-refractivity contribution in [2.75, 3.05) is 0 Å². The Hall–Kier alpha value is -3.20. The van der Waals surface area contributed by atoms with Gasteiger partial charge in [0.2, 0.25) is 11.8 Å². The Morgan fingerprint density at radius 1 is 0.947 bits per heavy atom. The molecule has 5 aromatic rings. The van der Waals surface area contributed by atoms with E-state index in [9.17, 15) is 16.8 Å². The van der Waals surface area contributed by atoms with Crippen LogP contribution in [0.25, 0.3) is 21.3 Å². The van der Waals surface area contributed by atoms with E-state index in [0.29, 0.717) is 16.1 Å². The molecule has 0 radical (unpaired) electrons. The fraction of sp³-hybridized carbons (Fsp3) is 0.125. The van der Waals surface area contributed by atoms with E-state index in [2.05, 4.69) is 15.2 Å². The molecule has 0 spiro atoms. The summed E-state index contributed by atoms with van der Waals surface area (Å²) in [6.07, 6.45) is 0. The molecule has 0 saturated carbocycles. The fourth-order valence-electron chi connectivity index (χ4n) is 3.83. The third-order valence-corrected chi connectivity index (χ3v) is 9.38. The highest BCUT2D eigenvalue weighted by Crippen LogP contribution is 2.38. The lowest BCUT2D eigenvalue weighted by atomic mass is 10.1. The third-order valence-electron chi connectivity index (χ3n) is 5.48. The van der Waals surface area contributed by atoms with Gasteiger partial charge in [-0.15, -0.1) is 21.5 Å². The number of sulfone groups is 1. The van der Waals surface area contributed by atoms with E-state index < -0.39 is 31.8 Å². The summed E-state index contributed by atoms with van der Waals surface area (Å²) < 4.78 is 58.4. The number of benzene rings is 3. The number of thiazole rings is 1. The second-order valence-electron chi connectivity index (χ2n) is 8.32. The maximum atomic E-state index is 13.8. The molecule has 1 unspecified atom stereocenters. The minimum absolute atomic E-state index is 0.149. The topological polar surface area (TPSA) is 158 Å². The number of aromatic nitrogens is 3. The van der Waals surface area contributed by atoms with E-state index in [-0.39, 0.29) is 22.5 Å². The number of fused-ring (bicyclic) bond motifs is 1. The summed E-state index contributed by atoms with van der Waals surface area (Å²) in [5.41, 5.74) is 3.06. The number of rotatable bonds is 9. The Balaban J connectivity index is 1.57. The number of halogens is 1. The predicted molar refractivity (Wildman–Crippen MR) is 145 cm³/mol. The molecule has 10 nitrogen and oxygen atoms in total. The molecule has 38 heavy (non-hydrogen) atoms. The standard InChI is InChI=1S/C24H20ClN5O5S3/c25-18-8-4-5-15(11-18)14-37(31,32)22(23-30-29-21(35-23)13-27-38(26,33)34)24-28-19-10-9-17(12-20(19)36-24)16-6-2-1-3-7-16/h1-12,22,27H,13-14H2,(H2,26,33,34). The molecule has 0 aliphatic heterocycles. The van der Waals surface area contributed by atoms with Gasteiger partial charge in [-0.25, -0.2) is 18.5 Å². The Bertz CT molecular complexity index is 1820. The Morgan fingerprint density at radius 3 is 2.47 bits per heavy atom. The zero-order chi connectivity index (χ0) is 26.9. The molecule has 0 aliphatic carbocycles. The normalized spacial score (nSPS) is 13.1. The summed E-state index contributed by atoms with van der Waals surface area (Å²) in [6, 6.07) is 22.0. The molecule has 0 aliphatic rings. The van der Waals surface area contributed by atoms with Crippen LogP contribution in [0, 0.1) is 0 Å². The van der Waals surface area contributed by atoms with Gasteiger partial charge in [0, 0.05) is 5.02 Å². The van der Waals surface area contributed by atoms with Crippen LogP contribution in [0.5, 0.6) is 0 Å². The Morgan fingerprint density at radius 2 is 1.74 bits per heavy atom. The molecule has 0 bridgehead atoms. The smallest absolute Gasteiger partial charge is 0.274 e. The highest BCUT2D eigenvalue weighted by molar-refractivity contribution is 7.91.